The van der Waals surface area contributed by atoms with Crippen LogP contribution in [0.4, 0.5) is 11.6 Å². The van der Waals surface area contributed by atoms with Crippen molar-refractivity contribution in [1.29, 1.82) is 0 Å². The summed E-state index contributed by atoms with van der Waals surface area (Å²) in [6.07, 6.45) is 3.86. The van der Waals surface area contributed by atoms with E-state index >= 15 is 0 Å². The highest BCUT2D eigenvalue weighted by molar-refractivity contribution is 9.10. The molecule has 1 aliphatic carbocycles. The number of hydrogen-bond acceptors (Lipinski definition) is 8. The minimum Gasteiger partial charge on any atom is -0.390 e. The second kappa shape index (κ2) is 7.88. The molecule has 0 unspecified atom stereocenters. The number of piperidine rings is 1. The van der Waals surface area contributed by atoms with E-state index in [0.717, 1.165) is 39.2 Å². The van der Waals surface area contributed by atoms with Gasteiger partial charge in [-0.1, -0.05) is 12.1 Å². The molecule has 34 heavy (non-hydrogen) atoms. The maximum Gasteiger partial charge on any atom is 0.145 e. The van der Waals surface area contributed by atoms with Crippen LogP contribution < -0.4 is 16.8 Å². The van der Waals surface area contributed by atoms with E-state index in [1.165, 1.54) is 6.33 Å². The molecular weight excluding hydrogens is 498 g/mol. The van der Waals surface area contributed by atoms with Crippen molar-refractivity contribution in [2.75, 3.05) is 18.0 Å². The van der Waals surface area contributed by atoms with Crippen LogP contribution in [0.15, 0.2) is 47.3 Å². The average Bonchev–Trinajstić information content (AvgIpc) is 3.36. The van der Waals surface area contributed by atoms with E-state index in [9.17, 15) is 10.2 Å². The molecule has 1 aliphatic heterocycles. The van der Waals surface area contributed by atoms with E-state index in [1.54, 1.807) is 0 Å². The summed E-state index contributed by atoms with van der Waals surface area (Å²) in [6, 6.07) is 9.95. The highest BCUT2D eigenvalue weighted by Crippen LogP contribution is 2.51. The predicted octanol–water partition coefficient (Wildman–Crippen LogP) is 2.68. The number of aliphatic hydroxyl groups excluding tert-OH is 2. The topological polar surface area (TPSA) is 148 Å². The van der Waals surface area contributed by atoms with Gasteiger partial charge < -0.3 is 31.6 Å². The van der Waals surface area contributed by atoms with E-state index in [4.69, 9.17) is 11.5 Å². The lowest BCUT2D eigenvalue weighted by Gasteiger charge is -2.40. The highest BCUT2D eigenvalue weighted by Gasteiger charge is 2.54. The molecule has 9 nitrogen and oxygen atoms in total. The quantitative estimate of drug-likeness (QED) is 0.269. The minimum absolute atomic E-state index is 0.144. The number of halogens is 1. The molecular formula is C24H26BrN7O2. The summed E-state index contributed by atoms with van der Waals surface area (Å²) < 4.78 is 2.72. The van der Waals surface area contributed by atoms with E-state index in [2.05, 4.69) is 54.4 Å². The number of aromatic nitrogens is 4. The number of nitrogens with zero attached hydrogens (tertiary/aromatic N) is 4. The third-order valence-electron chi connectivity index (χ3n) is 7.71. The van der Waals surface area contributed by atoms with Crippen molar-refractivity contribution >= 4 is 49.5 Å². The molecule has 4 aromatic rings. The first-order valence-electron chi connectivity index (χ1n) is 11.4. The molecule has 1 saturated carbocycles. The Morgan fingerprint density at radius 1 is 1.12 bits per heavy atom. The Labute approximate surface area is 204 Å². The van der Waals surface area contributed by atoms with Gasteiger partial charge in [0.05, 0.1) is 27.5 Å². The first-order chi connectivity index (χ1) is 16.4. The molecule has 4 heterocycles. The van der Waals surface area contributed by atoms with Gasteiger partial charge in [0.2, 0.25) is 0 Å². The fourth-order valence-electron chi connectivity index (χ4n) is 5.80. The van der Waals surface area contributed by atoms with Crippen LogP contribution in [-0.4, -0.2) is 48.5 Å². The number of nitrogens with one attached hydrogen (secondary N) is 1. The maximum absolute atomic E-state index is 11.1. The van der Waals surface area contributed by atoms with Gasteiger partial charge >= 0.3 is 0 Å². The third kappa shape index (κ3) is 3.28. The number of fused-ring (bicyclic) bond motifs is 2. The molecule has 7 N–H and O–H groups in total. The molecule has 1 saturated heterocycles. The van der Waals surface area contributed by atoms with Gasteiger partial charge in [-0.2, -0.15) is 0 Å². The summed E-state index contributed by atoms with van der Waals surface area (Å²) >= 11 is 3.43. The van der Waals surface area contributed by atoms with Gasteiger partial charge in [-0.05, 0) is 59.0 Å². The number of hydrogen-bond donors (Lipinski definition) is 5. The van der Waals surface area contributed by atoms with Crippen molar-refractivity contribution in [3.63, 3.8) is 0 Å². The van der Waals surface area contributed by atoms with E-state index < -0.39 is 17.6 Å². The lowest BCUT2D eigenvalue weighted by atomic mass is 9.74. The fourth-order valence-corrected chi connectivity index (χ4v) is 6.14. The summed E-state index contributed by atoms with van der Waals surface area (Å²) in [5.41, 5.74) is 14.2. The molecule has 0 amide bonds. The molecule has 1 spiro atoms. The van der Waals surface area contributed by atoms with Gasteiger partial charge in [0, 0.05) is 29.6 Å². The zero-order chi connectivity index (χ0) is 23.6. The van der Waals surface area contributed by atoms with Crippen molar-refractivity contribution in [2.45, 2.75) is 43.6 Å². The van der Waals surface area contributed by atoms with Crippen molar-refractivity contribution in [1.82, 2.24) is 24.8 Å². The first-order valence-corrected chi connectivity index (χ1v) is 12.2. The molecule has 176 valence electrons. The zero-order valence-corrected chi connectivity index (χ0v) is 20.0. The highest BCUT2D eigenvalue weighted by atomic mass is 79.9. The lowest BCUT2D eigenvalue weighted by Crippen LogP contribution is -2.48. The number of anilines is 2. The van der Waals surface area contributed by atoms with Gasteiger partial charge in [0.1, 0.15) is 29.7 Å². The third-order valence-corrected chi connectivity index (χ3v) is 8.35. The van der Waals surface area contributed by atoms with Crippen LogP contribution in [0.3, 0.4) is 0 Å². The second-order valence-electron chi connectivity index (χ2n) is 9.57. The summed E-state index contributed by atoms with van der Waals surface area (Å²) in [5, 5.41) is 27.6. The fraction of sp³-hybridized carbons (Fsp3) is 0.375. The number of pyridine rings is 1. The summed E-state index contributed by atoms with van der Waals surface area (Å²) in [5.74, 6) is 0.881. The molecule has 6 rings (SSSR count). The second-order valence-corrected chi connectivity index (χ2v) is 10.4. The number of rotatable bonds is 2. The van der Waals surface area contributed by atoms with Gasteiger partial charge in [-0.15, -0.1) is 0 Å². The Morgan fingerprint density at radius 2 is 1.97 bits per heavy atom. The van der Waals surface area contributed by atoms with Crippen LogP contribution in [0.1, 0.15) is 36.9 Å². The van der Waals surface area contributed by atoms with Crippen molar-refractivity contribution in [2.24, 2.45) is 5.41 Å². The van der Waals surface area contributed by atoms with Gasteiger partial charge in [0.15, 0.2) is 0 Å². The van der Waals surface area contributed by atoms with Gasteiger partial charge in [-0.25, -0.2) is 15.0 Å². The molecule has 3 aromatic heterocycles. The van der Waals surface area contributed by atoms with Crippen molar-refractivity contribution in [3.05, 3.63) is 52.9 Å². The smallest absolute Gasteiger partial charge is 0.145 e. The molecule has 10 heteroatoms. The molecule has 5 atom stereocenters. The Bertz CT molecular complexity index is 1400. The Hall–Kier alpha value is -2.79. The predicted molar refractivity (Wildman–Crippen MR) is 134 cm³/mol. The van der Waals surface area contributed by atoms with Crippen LogP contribution in [0.5, 0.6) is 0 Å². The van der Waals surface area contributed by atoms with Crippen LogP contribution in [-0.2, 0) is 0 Å². The number of nitrogens with two attached hydrogens (primary N) is 2. The van der Waals surface area contributed by atoms with E-state index in [0.29, 0.717) is 30.2 Å². The van der Waals surface area contributed by atoms with E-state index in [-0.39, 0.29) is 12.1 Å². The normalized spacial score (nSPS) is 29.4. The molecule has 0 radical (unpaired) electrons. The Balaban J connectivity index is 1.24. The SMILES string of the molecule is Nc1nc2cc([C@@H]3CC[C@@]4(CN3)C[C@@H](n3ccc5c(N)ncnc53)[C@H](O)[C@@H]4O)ccc2cc1Br. The van der Waals surface area contributed by atoms with Crippen molar-refractivity contribution < 1.29 is 10.2 Å². The van der Waals surface area contributed by atoms with Crippen LogP contribution in [0, 0.1) is 5.41 Å². The van der Waals surface area contributed by atoms with Gasteiger partial charge in [0.25, 0.3) is 0 Å². The van der Waals surface area contributed by atoms with Crippen LogP contribution in [0.25, 0.3) is 21.9 Å². The number of aliphatic hydroxyl groups is 2. The van der Waals surface area contributed by atoms with Gasteiger partial charge in [-0.3, -0.25) is 0 Å². The maximum atomic E-state index is 11.1. The Morgan fingerprint density at radius 3 is 2.76 bits per heavy atom. The standard InChI is InChI=1S/C24H26BrN7O2/c25-15-7-12-1-2-13(8-17(12)31-22(15)27)16-3-5-24(10-28-16)9-18(19(33)20(24)34)32-6-4-14-21(26)29-11-30-23(14)32/h1-2,4,6-8,11,16,18-20,28,33-34H,3,5,9-10H2,(H2,27,31)(H2,26,29,30)/t16-,18+,19-,20-,24-/m0/s1. The molecule has 2 fully saturated rings. The molecule has 0 bridgehead atoms. The van der Waals surface area contributed by atoms with Crippen LogP contribution >= 0.6 is 15.9 Å². The number of nitrogen functional groups attached to an aromatic ring is 2. The minimum atomic E-state index is -0.892. The monoisotopic (exact) mass is 523 g/mol. The summed E-state index contributed by atoms with van der Waals surface area (Å²) in [6.45, 7) is 0.608. The summed E-state index contributed by atoms with van der Waals surface area (Å²) in [7, 11) is 0. The molecule has 2 aliphatic rings. The van der Waals surface area contributed by atoms with Crippen molar-refractivity contribution in [3.8, 4) is 0 Å². The Kier molecular flexibility index (Phi) is 5.03. The molecule has 1 aromatic carbocycles. The largest absolute Gasteiger partial charge is 0.390 e. The average molecular weight is 524 g/mol. The van der Waals surface area contributed by atoms with Crippen LogP contribution in [0.2, 0.25) is 0 Å². The first kappa shape index (κ1) is 21.7. The van der Waals surface area contributed by atoms with E-state index in [1.807, 2.05) is 22.9 Å². The zero-order valence-electron chi connectivity index (χ0n) is 18.4. The lowest BCUT2D eigenvalue weighted by molar-refractivity contribution is -0.0398. The summed E-state index contributed by atoms with van der Waals surface area (Å²) in [4.78, 5) is 12.9. The number of benzene rings is 1.